The Morgan fingerprint density at radius 3 is 0.938 bits per heavy atom. The summed E-state index contributed by atoms with van der Waals surface area (Å²) in [5, 5.41) is 10.5. The van der Waals surface area contributed by atoms with Crippen molar-refractivity contribution in [2.75, 3.05) is 0 Å². The van der Waals surface area contributed by atoms with Crippen molar-refractivity contribution in [3.05, 3.63) is 138 Å². The molecule has 0 saturated heterocycles. The van der Waals surface area contributed by atoms with E-state index in [1.165, 1.54) is 52.9 Å². The maximum atomic E-state index is 2.42. The highest BCUT2D eigenvalue weighted by atomic mass is 14.2. The first-order valence-electron chi connectivity index (χ1n) is 11.6. The Balaban J connectivity index is 2.26. The molecule has 0 unspecified atom stereocenters. The Labute approximate surface area is 190 Å². The van der Waals surface area contributed by atoms with Crippen molar-refractivity contribution in [1.29, 1.82) is 0 Å². The summed E-state index contributed by atoms with van der Waals surface area (Å²) in [6.45, 7) is 13.8. The van der Waals surface area contributed by atoms with Gasteiger partial charge in [0.15, 0.2) is 0 Å². The van der Waals surface area contributed by atoms with Crippen LogP contribution in [0, 0.1) is 41.7 Å². The van der Waals surface area contributed by atoms with Gasteiger partial charge >= 0.3 is 0 Å². The van der Waals surface area contributed by atoms with Gasteiger partial charge in [0, 0.05) is 0 Å². The van der Waals surface area contributed by atoms with Crippen molar-refractivity contribution in [2.24, 2.45) is 0 Å². The second-order valence-electron chi connectivity index (χ2n) is 11.1. The molecule has 0 saturated carbocycles. The van der Waals surface area contributed by atoms with Crippen LogP contribution in [0.1, 0.15) is 52.7 Å². The molecule has 0 aromatic heterocycles. The van der Waals surface area contributed by atoms with E-state index in [0.717, 1.165) is 0 Å². The minimum absolute atomic E-state index is 0.100. The smallest absolute Gasteiger partial charge is 0.00960 e. The molecule has 0 heterocycles. The number of fused-ring (bicyclic) bond motifs is 4. The summed E-state index contributed by atoms with van der Waals surface area (Å²) in [4.78, 5) is 0. The zero-order chi connectivity index (χ0) is 22.7. The number of hydrogen-bond acceptors (Lipinski definition) is 0. The van der Waals surface area contributed by atoms with Crippen molar-refractivity contribution in [3.63, 3.8) is 0 Å². The molecule has 0 aliphatic heterocycles. The van der Waals surface area contributed by atoms with Gasteiger partial charge in [0.25, 0.3) is 0 Å². The van der Waals surface area contributed by atoms with Crippen LogP contribution in [0.3, 0.4) is 0 Å². The Hall–Kier alpha value is -3.12. The highest BCUT2D eigenvalue weighted by Crippen LogP contribution is 2.26. The summed E-state index contributed by atoms with van der Waals surface area (Å²) < 4.78 is 0. The van der Waals surface area contributed by atoms with Gasteiger partial charge in [-0.15, -0.1) is 0 Å². The van der Waals surface area contributed by atoms with Crippen LogP contribution in [-0.2, 0) is 10.8 Å². The fourth-order valence-electron chi connectivity index (χ4n) is 4.84. The maximum absolute atomic E-state index is 2.42. The van der Waals surface area contributed by atoms with E-state index in [2.05, 4.69) is 126 Å². The second kappa shape index (κ2) is 7.20. The van der Waals surface area contributed by atoms with E-state index in [1.807, 2.05) is 0 Å². The number of hydrogen-bond donors (Lipinski definition) is 0. The third kappa shape index (κ3) is 3.39. The maximum Gasteiger partial charge on any atom is -0.00960 e. The molecule has 0 atom stereocenters. The van der Waals surface area contributed by atoms with Crippen LogP contribution in [0.15, 0.2) is 84.9 Å². The molecule has 4 aromatic carbocycles. The molecule has 0 heteroatoms. The SMILES string of the molecule is CC(C)(C)c1ccc2/c(c1)=c1\cccc\c1=c1/cccc/c1=c1/cc(C(C)(C)C)cc/c1=2. The highest BCUT2D eigenvalue weighted by Gasteiger charge is 2.15. The molecular formula is C32H32. The van der Waals surface area contributed by atoms with E-state index in [0.29, 0.717) is 0 Å². The quantitative estimate of drug-likeness (QED) is 0.242. The first kappa shape index (κ1) is 20.8. The molecular weight excluding hydrogens is 384 g/mol. The summed E-state index contributed by atoms with van der Waals surface area (Å²) in [6, 6.07) is 31.9. The van der Waals surface area contributed by atoms with Crippen LogP contribution in [0.25, 0.3) is 0 Å². The van der Waals surface area contributed by atoms with E-state index in [-0.39, 0.29) is 10.8 Å². The standard InChI is InChI=1S/C32H32/c1-31(2,3)21-15-17-27-28-18-16-22(32(4,5)6)20-30(28)26-14-10-8-12-24(26)23-11-7-9-13-25(23)29(27)19-21/h7-20H,1-6H3/b24-23-,28-27-,29-25+,30-26+. The molecule has 0 bridgehead atoms. The monoisotopic (exact) mass is 416 g/mol. The molecule has 1 aliphatic carbocycles. The van der Waals surface area contributed by atoms with Crippen LogP contribution >= 0.6 is 0 Å². The normalized spacial score (nSPS) is 17.2. The fraction of sp³-hybridized carbons (Fsp3) is 0.250. The molecule has 5 rings (SSSR count). The molecule has 0 amide bonds. The first-order chi connectivity index (χ1) is 15.1. The van der Waals surface area contributed by atoms with Gasteiger partial charge < -0.3 is 0 Å². The molecule has 0 spiro atoms. The topological polar surface area (TPSA) is 0 Å². The lowest BCUT2D eigenvalue weighted by atomic mass is 9.85. The molecule has 0 N–H and O–H groups in total. The van der Waals surface area contributed by atoms with Gasteiger partial charge in [0.05, 0.1) is 0 Å². The zero-order valence-corrected chi connectivity index (χ0v) is 20.1. The van der Waals surface area contributed by atoms with Crippen LogP contribution in [-0.4, -0.2) is 0 Å². The molecule has 0 radical (unpaired) electrons. The van der Waals surface area contributed by atoms with Gasteiger partial charge in [-0.3, -0.25) is 0 Å². The van der Waals surface area contributed by atoms with E-state index >= 15 is 0 Å². The van der Waals surface area contributed by atoms with Crippen molar-refractivity contribution in [2.45, 2.75) is 52.4 Å². The summed E-state index contributed by atoms with van der Waals surface area (Å²) in [7, 11) is 0. The average Bonchev–Trinajstić information content (AvgIpc) is 2.76. The van der Waals surface area contributed by atoms with E-state index < -0.39 is 0 Å². The minimum atomic E-state index is 0.100. The molecule has 4 aromatic rings. The van der Waals surface area contributed by atoms with Crippen LogP contribution < -0.4 is 0 Å². The van der Waals surface area contributed by atoms with Crippen molar-refractivity contribution >= 4 is 0 Å². The third-order valence-electron chi connectivity index (χ3n) is 6.79. The van der Waals surface area contributed by atoms with Crippen molar-refractivity contribution < 1.29 is 0 Å². The second-order valence-corrected chi connectivity index (χ2v) is 11.1. The Morgan fingerprint density at radius 1 is 0.344 bits per heavy atom. The summed E-state index contributed by atoms with van der Waals surface area (Å²) in [5.41, 5.74) is 2.94. The first-order valence-corrected chi connectivity index (χ1v) is 11.6. The summed E-state index contributed by atoms with van der Waals surface area (Å²) in [6.07, 6.45) is 0. The van der Waals surface area contributed by atoms with Gasteiger partial charge in [-0.25, -0.2) is 0 Å². The van der Waals surface area contributed by atoms with Crippen molar-refractivity contribution in [1.82, 2.24) is 0 Å². The zero-order valence-electron chi connectivity index (χ0n) is 20.1. The van der Waals surface area contributed by atoms with Crippen LogP contribution in [0.2, 0.25) is 0 Å². The molecule has 160 valence electrons. The van der Waals surface area contributed by atoms with Gasteiger partial charge in [-0.05, 0) is 75.8 Å². The highest BCUT2D eigenvalue weighted by molar-refractivity contribution is 5.35. The van der Waals surface area contributed by atoms with Gasteiger partial charge in [0.2, 0.25) is 0 Å². The van der Waals surface area contributed by atoms with E-state index in [9.17, 15) is 0 Å². The number of benzene rings is 4. The third-order valence-corrected chi connectivity index (χ3v) is 6.79. The van der Waals surface area contributed by atoms with Gasteiger partial charge in [0.1, 0.15) is 0 Å². The number of rotatable bonds is 0. The van der Waals surface area contributed by atoms with Gasteiger partial charge in [-0.2, -0.15) is 0 Å². The predicted molar refractivity (Wildman–Crippen MR) is 134 cm³/mol. The Morgan fingerprint density at radius 2 is 0.625 bits per heavy atom. The fourth-order valence-corrected chi connectivity index (χ4v) is 4.84. The molecule has 1 aliphatic rings. The largest absolute Gasteiger partial charge is 0.0616 e. The molecule has 32 heavy (non-hydrogen) atoms. The molecule has 0 fully saturated rings. The predicted octanol–water partition coefficient (Wildman–Crippen LogP) is 7.74. The van der Waals surface area contributed by atoms with Crippen LogP contribution in [0.4, 0.5) is 0 Å². The van der Waals surface area contributed by atoms with Crippen LogP contribution in [0.5, 0.6) is 0 Å². The van der Waals surface area contributed by atoms with Crippen molar-refractivity contribution in [3.8, 4) is 0 Å². The van der Waals surface area contributed by atoms with E-state index in [4.69, 9.17) is 0 Å². The Kier molecular flexibility index (Phi) is 4.67. The average molecular weight is 417 g/mol. The molecule has 0 nitrogen and oxygen atoms in total. The van der Waals surface area contributed by atoms with Gasteiger partial charge in [-0.1, -0.05) is 114 Å². The lowest BCUT2D eigenvalue weighted by molar-refractivity contribution is 0.589. The lowest BCUT2D eigenvalue weighted by Crippen LogP contribution is -2.11. The minimum Gasteiger partial charge on any atom is -0.0616 e. The van der Waals surface area contributed by atoms with E-state index in [1.54, 1.807) is 0 Å². The lowest BCUT2D eigenvalue weighted by Gasteiger charge is -2.20. The summed E-state index contributed by atoms with van der Waals surface area (Å²) in [5.74, 6) is 0. The Bertz CT molecular complexity index is 1600. The summed E-state index contributed by atoms with van der Waals surface area (Å²) >= 11 is 0.